The molecule has 0 unspecified atom stereocenters. The minimum absolute atomic E-state index is 0.0296. The molecule has 0 saturated heterocycles. The minimum Gasteiger partial charge on any atom is -0.493 e. The summed E-state index contributed by atoms with van der Waals surface area (Å²) in [6, 6.07) is 15.7. The summed E-state index contributed by atoms with van der Waals surface area (Å²) in [7, 11) is 0. The van der Waals surface area contributed by atoms with Gasteiger partial charge in [-0.25, -0.2) is 0 Å². The van der Waals surface area contributed by atoms with Crippen LogP contribution in [0.4, 0.5) is 0 Å². The highest BCUT2D eigenvalue weighted by Crippen LogP contribution is 2.57. The van der Waals surface area contributed by atoms with Crippen LogP contribution in [0.3, 0.4) is 0 Å². The van der Waals surface area contributed by atoms with Crippen LogP contribution in [-0.4, -0.2) is 30.5 Å². The molecule has 0 heterocycles. The number of hydrogen-bond donors (Lipinski definition) is 1. The molecule has 206 valence electrons. The Bertz CT molecular complexity index is 1260. The van der Waals surface area contributed by atoms with E-state index in [0.29, 0.717) is 6.61 Å². The van der Waals surface area contributed by atoms with Crippen LogP contribution in [-0.2, 0) is 5.60 Å². The van der Waals surface area contributed by atoms with Crippen LogP contribution in [0.25, 0.3) is 21.9 Å². The fraction of sp³-hybridized carbons (Fsp3) is 0.515. The molecule has 1 aliphatic rings. The third-order valence-electron chi connectivity index (χ3n) is 7.74. The van der Waals surface area contributed by atoms with Gasteiger partial charge in [-0.3, -0.25) is 0 Å². The van der Waals surface area contributed by atoms with Gasteiger partial charge >= 0.3 is 0 Å². The zero-order valence-corrected chi connectivity index (χ0v) is 26.8. The van der Waals surface area contributed by atoms with Crippen LogP contribution in [0.15, 0.2) is 57.2 Å². The Balaban J connectivity index is 2.09. The number of thioether (sulfide) groups is 3. The highest BCUT2D eigenvalue weighted by Gasteiger charge is 2.48. The maximum Gasteiger partial charge on any atom is 0.127 e. The van der Waals surface area contributed by atoms with Crippen molar-refractivity contribution in [3.8, 4) is 16.9 Å². The molecule has 0 atom stereocenters. The van der Waals surface area contributed by atoms with Crippen LogP contribution in [0.2, 0.25) is 0 Å². The fourth-order valence-electron chi connectivity index (χ4n) is 6.85. The van der Waals surface area contributed by atoms with E-state index in [2.05, 4.69) is 95.9 Å². The van der Waals surface area contributed by atoms with Crippen molar-refractivity contribution < 1.29 is 9.84 Å². The van der Waals surface area contributed by atoms with Gasteiger partial charge in [-0.05, 0) is 108 Å². The molecule has 3 aromatic carbocycles. The third-order valence-corrected chi connectivity index (χ3v) is 10.2. The lowest BCUT2D eigenvalue weighted by Crippen LogP contribution is -2.44. The molecule has 0 radical (unpaired) electrons. The van der Waals surface area contributed by atoms with E-state index in [4.69, 9.17) is 4.74 Å². The lowest BCUT2D eigenvalue weighted by atomic mass is 9.57. The molecule has 1 saturated carbocycles. The van der Waals surface area contributed by atoms with Crippen molar-refractivity contribution in [2.24, 2.45) is 10.8 Å². The minimum atomic E-state index is -0.951. The van der Waals surface area contributed by atoms with Gasteiger partial charge in [-0.1, -0.05) is 53.2 Å². The van der Waals surface area contributed by atoms with Gasteiger partial charge < -0.3 is 9.84 Å². The quantitative estimate of drug-likeness (QED) is 0.205. The summed E-state index contributed by atoms with van der Waals surface area (Å²) >= 11 is 5.32. The molecule has 2 nitrogen and oxygen atoms in total. The van der Waals surface area contributed by atoms with Crippen molar-refractivity contribution >= 4 is 46.1 Å². The summed E-state index contributed by atoms with van der Waals surface area (Å²) in [6.07, 6.45) is 11.1. The predicted octanol–water partition coefficient (Wildman–Crippen LogP) is 10.3. The van der Waals surface area contributed by atoms with Crippen molar-refractivity contribution in [1.29, 1.82) is 0 Å². The third kappa shape index (κ3) is 6.22. The number of aliphatic hydroxyl groups is 1. The van der Waals surface area contributed by atoms with Crippen LogP contribution in [0, 0.1) is 10.8 Å². The summed E-state index contributed by atoms with van der Waals surface area (Å²) in [6.45, 7) is 12.1. The summed E-state index contributed by atoms with van der Waals surface area (Å²) in [5.41, 5.74) is 2.42. The zero-order chi connectivity index (χ0) is 27.7. The Morgan fingerprint density at radius 1 is 0.789 bits per heavy atom. The molecular formula is C33H44O2S3. The van der Waals surface area contributed by atoms with E-state index >= 15 is 0 Å². The molecule has 4 rings (SSSR count). The average Bonchev–Trinajstić information content (AvgIpc) is 2.85. The van der Waals surface area contributed by atoms with Crippen LogP contribution in [0.1, 0.15) is 72.3 Å². The first kappa shape index (κ1) is 29.7. The highest BCUT2D eigenvalue weighted by atomic mass is 32.2. The van der Waals surface area contributed by atoms with Crippen LogP contribution >= 0.6 is 35.3 Å². The van der Waals surface area contributed by atoms with Gasteiger partial charge in [0, 0.05) is 20.1 Å². The van der Waals surface area contributed by atoms with Crippen molar-refractivity contribution in [3.05, 3.63) is 48.0 Å². The van der Waals surface area contributed by atoms with E-state index in [1.807, 2.05) is 0 Å². The van der Waals surface area contributed by atoms with E-state index in [0.717, 1.165) is 59.9 Å². The average molecular weight is 569 g/mol. The Labute approximate surface area is 243 Å². The molecule has 0 aliphatic heterocycles. The lowest BCUT2D eigenvalue weighted by Gasteiger charge is -2.50. The second kappa shape index (κ2) is 11.7. The van der Waals surface area contributed by atoms with E-state index < -0.39 is 5.60 Å². The Morgan fingerprint density at radius 2 is 1.37 bits per heavy atom. The maximum absolute atomic E-state index is 12.7. The van der Waals surface area contributed by atoms with Gasteiger partial charge in [-0.2, -0.15) is 0 Å². The Morgan fingerprint density at radius 3 is 1.89 bits per heavy atom. The summed E-state index contributed by atoms with van der Waals surface area (Å²) < 4.78 is 6.51. The molecule has 3 aromatic rings. The van der Waals surface area contributed by atoms with Gasteiger partial charge in [0.25, 0.3) is 0 Å². The van der Waals surface area contributed by atoms with Crippen molar-refractivity contribution in [2.45, 2.75) is 87.0 Å². The second-order valence-electron chi connectivity index (χ2n) is 12.4. The standard InChI is InChI=1S/C33H44O2S3/c1-9-10-15-35-27-18-26(33(34)20-31(2,3)19-32(4,5)21-33)30(22-11-13-23(36-6)14-12-22)25-17-29(38-8)28(37-7)16-24(25)27/h11-14,16-18,34H,9-10,15,19-21H2,1-8H3. The predicted molar refractivity (Wildman–Crippen MR) is 170 cm³/mol. The van der Waals surface area contributed by atoms with Crippen LogP contribution < -0.4 is 4.74 Å². The van der Waals surface area contributed by atoms with E-state index in [1.165, 1.54) is 20.1 Å². The number of hydrogen-bond acceptors (Lipinski definition) is 5. The van der Waals surface area contributed by atoms with E-state index in [-0.39, 0.29) is 10.8 Å². The number of ether oxygens (including phenoxy) is 1. The van der Waals surface area contributed by atoms with Gasteiger partial charge in [0.1, 0.15) is 5.75 Å². The second-order valence-corrected chi connectivity index (χ2v) is 14.9. The first-order valence-electron chi connectivity index (χ1n) is 13.7. The van der Waals surface area contributed by atoms with Gasteiger partial charge in [0.15, 0.2) is 0 Å². The number of fused-ring (bicyclic) bond motifs is 1. The molecule has 1 aliphatic carbocycles. The van der Waals surface area contributed by atoms with Crippen molar-refractivity contribution in [2.75, 3.05) is 25.4 Å². The number of unbranched alkanes of at least 4 members (excludes halogenated alkanes) is 1. The first-order chi connectivity index (χ1) is 18.0. The summed E-state index contributed by atoms with van der Waals surface area (Å²) in [5, 5.41) is 15.0. The monoisotopic (exact) mass is 568 g/mol. The largest absolute Gasteiger partial charge is 0.493 e. The normalized spacial score (nSPS) is 18.0. The Kier molecular flexibility index (Phi) is 9.13. The maximum atomic E-state index is 12.7. The SMILES string of the molecule is CCCCOc1cc(C2(O)CC(C)(C)CC(C)(C)C2)c(-c2ccc(SC)cc2)c2cc(SC)c(SC)cc12. The number of benzene rings is 3. The zero-order valence-electron chi connectivity index (χ0n) is 24.4. The molecule has 0 amide bonds. The molecule has 1 N–H and O–H groups in total. The molecule has 5 heteroatoms. The molecule has 0 spiro atoms. The smallest absolute Gasteiger partial charge is 0.127 e. The first-order valence-corrected chi connectivity index (χ1v) is 17.4. The van der Waals surface area contributed by atoms with Crippen molar-refractivity contribution in [3.63, 3.8) is 0 Å². The topological polar surface area (TPSA) is 29.5 Å². The lowest BCUT2D eigenvalue weighted by molar-refractivity contribution is -0.0909. The molecule has 0 aromatic heterocycles. The van der Waals surface area contributed by atoms with Crippen molar-refractivity contribution in [1.82, 2.24) is 0 Å². The summed E-state index contributed by atoms with van der Waals surface area (Å²) in [4.78, 5) is 3.77. The van der Waals surface area contributed by atoms with E-state index in [9.17, 15) is 5.11 Å². The molecule has 0 bridgehead atoms. The fourth-order valence-corrected chi connectivity index (χ4v) is 8.75. The molecule has 1 fully saturated rings. The van der Waals surface area contributed by atoms with E-state index in [1.54, 1.807) is 35.3 Å². The van der Waals surface area contributed by atoms with Crippen LogP contribution in [0.5, 0.6) is 5.75 Å². The highest BCUT2D eigenvalue weighted by molar-refractivity contribution is 8.01. The molecular weight excluding hydrogens is 525 g/mol. The number of rotatable bonds is 9. The van der Waals surface area contributed by atoms with Gasteiger partial charge in [0.05, 0.1) is 12.2 Å². The summed E-state index contributed by atoms with van der Waals surface area (Å²) in [5.74, 6) is 0.894. The Hall–Kier alpha value is -1.27. The van der Waals surface area contributed by atoms with Gasteiger partial charge in [-0.15, -0.1) is 35.3 Å². The van der Waals surface area contributed by atoms with Gasteiger partial charge in [0.2, 0.25) is 0 Å². The molecule has 38 heavy (non-hydrogen) atoms.